The van der Waals surface area contributed by atoms with E-state index >= 15 is 0 Å². The van der Waals surface area contributed by atoms with Crippen LogP contribution in [-0.2, 0) is 0 Å². The molecule has 1 aliphatic rings. The normalized spacial score (nSPS) is 20.1. The molecule has 4 heteroatoms. The lowest BCUT2D eigenvalue weighted by Crippen LogP contribution is -2.23. The number of pyridine rings is 1. The summed E-state index contributed by atoms with van der Waals surface area (Å²) in [7, 11) is 0. The maximum atomic E-state index is 8.89. The second kappa shape index (κ2) is 5.15. The average molecular weight is 219 g/mol. The molecular formula is C11H13N3S. The van der Waals surface area contributed by atoms with Crippen molar-refractivity contribution in [3.63, 3.8) is 0 Å². The number of nitrogens with one attached hydrogen (secondary N) is 1. The highest BCUT2D eigenvalue weighted by atomic mass is 32.2. The summed E-state index contributed by atoms with van der Waals surface area (Å²) in [6.07, 6.45) is 4.24. The van der Waals surface area contributed by atoms with Crippen LogP contribution in [0.1, 0.15) is 18.4 Å². The first-order valence-electron chi connectivity index (χ1n) is 5.11. The Morgan fingerprint density at radius 2 is 2.60 bits per heavy atom. The fraction of sp³-hybridized carbons (Fsp3) is 0.455. The van der Waals surface area contributed by atoms with Crippen molar-refractivity contribution in [2.24, 2.45) is 0 Å². The van der Waals surface area contributed by atoms with Crippen LogP contribution < -0.4 is 5.32 Å². The van der Waals surface area contributed by atoms with Crippen molar-refractivity contribution in [2.45, 2.75) is 23.9 Å². The number of thioether (sulfide) groups is 1. The van der Waals surface area contributed by atoms with Crippen molar-refractivity contribution >= 4 is 11.8 Å². The Balaban J connectivity index is 1.95. The molecule has 78 valence electrons. The Hall–Kier alpha value is -1.05. The third kappa shape index (κ3) is 2.71. The molecule has 1 atom stereocenters. The summed E-state index contributed by atoms with van der Waals surface area (Å²) < 4.78 is 0. The Morgan fingerprint density at radius 1 is 1.67 bits per heavy atom. The second-order valence-electron chi connectivity index (χ2n) is 3.57. The van der Waals surface area contributed by atoms with Crippen LogP contribution in [0.3, 0.4) is 0 Å². The monoisotopic (exact) mass is 219 g/mol. The quantitative estimate of drug-likeness (QED) is 0.787. The summed E-state index contributed by atoms with van der Waals surface area (Å²) >= 11 is 1.67. The van der Waals surface area contributed by atoms with Gasteiger partial charge in [0.05, 0.1) is 5.56 Å². The molecule has 0 saturated carbocycles. The maximum Gasteiger partial charge on any atom is 0.114 e. The van der Waals surface area contributed by atoms with Crippen LogP contribution in [0.15, 0.2) is 23.4 Å². The predicted molar refractivity (Wildman–Crippen MR) is 60.7 cm³/mol. The molecule has 1 fully saturated rings. The van der Waals surface area contributed by atoms with E-state index in [9.17, 15) is 0 Å². The summed E-state index contributed by atoms with van der Waals surface area (Å²) in [5.41, 5.74) is 0.681. The van der Waals surface area contributed by atoms with Crippen LogP contribution in [0.2, 0.25) is 0 Å². The molecule has 2 heterocycles. The molecule has 0 spiro atoms. The highest BCUT2D eigenvalue weighted by molar-refractivity contribution is 7.99. The van der Waals surface area contributed by atoms with Gasteiger partial charge in [-0.25, -0.2) is 4.98 Å². The van der Waals surface area contributed by atoms with E-state index in [2.05, 4.69) is 16.4 Å². The van der Waals surface area contributed by atoms with Crippen LogP contribution >= 0.6 is 11.8 Å². The van der Waals surface area contributed by atoms with Gasteiger partial charge in [-0.05, 0) is 31.5 Å². The summed E-state index contributed by atoms with van der Waals surface area (Å²) in [4.78, 5) is 4.22. The van der Waals surface area contributed by atoms with Crippen molar-refractivity contribution in [3.05, 3.63) is 23.9 Å². The van der Waals surface area contributed by atoms with Crippen LogP contribution in [0.25, 0.3) is 0 Å². The SMILES string of the molecule is N#Cc1cccnc1SCC1CCCN1. The molecule has 1 aliphatic heterocycles. The van der Waals surface area contributed by atoms with E-state index in [1.807, 2.05) is 6.07 Å². The molecule has 1 saturated heterocycles. The van der Waals surface area contributed by atoms with E-state index in [1.54, 1.807) is 24.0 Å². The molecule has 0 aromatic carbocycles. The van der Waals surface area contributed by atoms with E-state index in [1.165, 1.54) is 12.8 Å². The van der Waals surface area contributed by atoms with Gasteiger partial charge in [0.1, 0.15) is 11.1 Å². The molecule has 0 radical (unpaired) electrons. The molecule has 0 bridgehead atoms. The molecule has 0 amide bonds. The minimum Gasteiger partial charge on any atom is -0.313 e. The topological polar surface area (TPSA) is 48.7 Å². The van der Waals surface area contributed by atoms with Crippen molar-refractivity contribution in [1.82, 2.24) is 10.3 Å². The van der Waals surface area contributed by atoms with Gasteiger partial charge in [0.15, 0.2) is 0 Å². The van der Waals surface area contributed by atoms with Gasteiger partial charge in [0, 0.05) is 18.0 Å². The fourth-order valence-corrected chi connectivity index (χ4v) is 2.72. The van der Waals surface area contributed by atoms with Gasteiger partial charge in [0.25, 0.3) is 0 Å². The minimum atomic E-state index is 0.587. The van der Waals surface area contributed by atoms with Crippen LogP contribution in [-0.4, -0.2) is 23.3 Å². The van der Waals surface area contributed by atoms with Crippen LogP contribution in [0.5, 0.6) is 0 Å². The van der Waals surface area contributed by atoms with E-state index in [4.69, 9.17) is 5.26 Å². The zero-order valence-electron chi connectivity index (χ0n) is 8.44. The fourth-order valence-electron chi connectivity index (χ4n) is 1.67. The minimum absolute atomic E-state index is 0.587. The molecule has 2 rings (SSSR count). The van der Waals surface area contributed by atoms with Gasteiger partial charge in [-0.3, -0.25) is 0 Å². The Labute approximate surface area is 93.9 Å². The molecule has 1 aromatic heterocycles. The van der Waals surface area contributed by atoms with E-state index in [0.29, 0.717) is 11.6 Å². The number of aromatic nitrogens is 1. The van der Waals surface area contributed by atoms with E-state index in [-0.39, 0.29) is 0 Å². The molecule has 1 unspecified atom stereocenters. The molecule has 1 aromatic rings. The summed E-state index contributed by atoms with van der Waals surface area (Å²) in [5, 5.41) is 13.2. The van der Waals surface area contributed by atoms with E-state index < -0.39 is 0 Å². The van der Waals surface area contributed by atoms with Crippen molar-refractivity contribution in [2.75, 3.05) is 12.3 Å². The summed E-state index contributed by atoms with van der Waals surface area (Å²) in [6.45, 7) is 1.12. The molecule has 15 heavy (non-hydrogen) atoms. The number of nitrogens with zero attached hydrogens (tertiary/aromatic N) is 2. The lowest BCUT2D eigenvalue weighted by molar-refractivity contribution is 0.673. The third-order valence-corrected chi connectivity index (χ3v) is 3.64. The largest absolute Gasteiger partial charge is 0.313 e. The lowest BCUT2D eigenvalue weighted by Gasteiger charge is -2.09. The highest BCUT2D eigenvalue weighted by Gasteiger charge is 2.15. The van der Waals surface area contributed by atoms with Gasteiger partial charge in [0.2, 0.25) is 0 Å². The van der Waals surface area contributed by atoms with Crippen LogP contribution in [0.4, 0.5) is 0 Å². The Bertz CT molecular complexity index is 366. The van der Waals surface area contributed by atoms with Gasteiger partial charge in [-0.2, -0.15) is 5.26 Å². The van der Waals surface area contributed by atoms with E-state index in [0.717, 1.165) is 17.3 Å². The van der Waals surface area contributed by atoms with Gasteiger partial charge >= 0.3 is 0 Å². The maximum absolute atomic E-state index is 8.89. The average Bonchev–Trinajstić information content (AvgIpc) is 2.79. The third-order valence-electron chi connectivity index (χ3n) is 2.48. The summed E-state index contributed by atoms with van der Waals surface area (Å²) in [6, 6.07) is 6.37. The molecule has 0 aliphatic carbocycles. The van der Waals surface area contributed by atoms with Crippen molar-refractivity contribution < 1.29 is 0 Å². The molecular weight excluding hydrogens is 206 g/mol. The first kappa shape index (κ1) is 10.5. The van der Waals surface area contributed by atoms with Gasteiger partial charge < -0.3 is 5.32 Å². The van der Waals surface area contributed by atoms with Crippen molar-refractivity contribution in [3.8, 4) is 6.07 Å². The molecule has 3 nitrogen and oxygen atoms in total. The van der Waals surface area contributed by atoms with Crippen molar-refractivity contribution in [1.29, 1.82) is 5.26 Å². The number of nitriles is 1. The standard InChI is InChI=1S/C11H13N3S/c12-7-9-3-1-6-14-11(9)15-8-10-4-2-5-13-10/h1,3,6,10,13H,2,4-5,8H2. The van der Waals surface area contributed by atoms with Gasteiger partial charge in [-0.15, -0.1) is 11.8 Å². The first-order valence-corrected chi connectivity index (χ1v) is 6.10. The smallest absolute Gasteiger partial charge is 0.114 e. The lowest BCUT2D eigenvalue weighted by atomic mass is 10.3. The zero-order valence-corrected chi connectivity index (χ0v) is 9.26. The second-order valence-corrected chi connectivity index (χ2v) is 4.58. The van der Waals surface area contributed by atoms with Gasteiger partial charge in [-0.1, -0.05) is 0 Å². The number of hydrogen-bond acceptors (Lipinski definition) is 4. The van der Waals surface area contributed by atoms with Crippen LogP contribution in [0, 0.1) is 11.3 Å². The summed E-state index contributed by atoms with van der Waals surface area (Å²) in [5.74, 6) is 1.01. The Kier molecular flexibility index (Phi) is 3.59. The predicted octanol–water partition coefficient (Wildman–Crippen LogP) is 1.80. The highest BCUT2D eigenvalue weighted by Crippen LogP contribution is 2.22. The number of rotatable bonds is 3. The molecule has 1 N–H and O–H groups in total. The zero-order chi connectivity index (χ0) is 10.5. The Morgan fingerprint density at radius 3 is 3.33 bits per heavy atom. The number of hydrogen-bond donors (Lipinski definition) is 1. The first-order chi connectivity index (χ1) is 7.40.